The van der Waals surface area contributed by atoms with Crippen molar-refractivity contribution < 1.29 is 24.4 Å². The second-order valence-corrected chi connectivity index (χ2v) is 6.33. The quantitative estimate of drug-likeness (QED) is 0.635. The lowest BCUT2D eigenvalue weighted by Gasteiger charge is -2.29. The van der Waals surface area contributed by atoms with Crippen LogP contribution in [0.15, 0.2) is 0 Å². The lowest BCUT2D eigenvalue weighted by molar-refractivity contribution is -0.0450. The van der Waals surface area contributed by atoms with Crippen LogP contribution in [0.3, 0.4) is 0 Å². The fourth-order valence-electron chi connectivity index (χ4n) is 3.13. The summed E-state index contributed by atoms with van der Waals surface area (Å²) in [5.74, 6) is 0. The summed E-state index contributed by atoms with van der Waals surface area (Å²) in [5, 5.41) is 16.5. The number of aliphatic hydroxyl groups excluding tert-OH is 2. The summed E-state index contributed by atoms with van der Waals surface area (Å²) in [6.45, 7) is 1.73. The maximum atomic E-state index is 8.26. The molecule has 0 amide bonds. The van der Waals surface area contributed by atoms with Gasteiger partial charge in [0.1, 0.15) is 0 Å². The molecule has 0 heterocycles. The van der Waals surface area contributed by atoms with E-state index >= 15 is 0 Å². The van der Waals surface area contributed by atoms with Crippen molar-refractivity contribution in [3.8, 4) is 0 Å². The second-order valence-electron chi connectivity index (χ2n) is 6.33. The summed E-state index contributed by atoms with van der Waals surface area (Å²) >= 11 is 0. The molecule has 5 nitrogen and oxygen atoms in total. The summed E-state index contributed by atoms with van der Waals surface area (Å²) in [6.07, 6.45) is 15.0. The molecular formula is C18H36O5. The topological polar surface area (TPSA) is 68.2 Å². The molecule has 0 aromatic rings. The van der Waals surface area contributed by atoms with E-state index in [-0.39, 0.29) is 13.2 Å². The summed E-state index contributed by atoms with van der Waals surface area (Å²) < 4.78 is 15.9. The molecule has 0 atom stereocenters. The molecule has 0 bridgehead atoms. The highest BCUT2D eigenvalue weighted by molar-refractivity contribution is 4.71. The first-order valence-electron chi connectivity index (χ1n) is 9.39. The van der Waals surface area contributed by atoms with Crippen molar-refractivity contribution in [3.63, 3.8) is 0 Å². The number of aliphatic hydroxyl groups is 2. The van der Waals surface area contributed by atoms with Crippen LogP contribution in [-0.4, -0.2) is 62.1 Å². The zero-order valence-electron chi connectivity index (χ0n) is 14.6. The van der Waals surface area contributed by atoms with Crippen LogP contribution in [0.2, 0.25) is 0 Å². The molecule has 2 N–H and O–H groups in total. The zero-order valence-corrected chi connectivity index (χ0v) is 14.6. The summed E-state index contributed by atoms with van der Waals surface area (Å²) in [4.78, 5) is 0. The zero-order chi connectivity index (χ0) is 16.6. The van der Waals surface area contributed by atoms with Crippen LogP contribution in [0.25, 0.3) is 0 Å². The van der Waals surface area contributed by atoms with Crippen LogP contribution in [0.4, 0.5) is 0 Å². The molecule has 2 fully saturated rings. The molecule has 0 aromatic heterocycles. The first-order valence-corrected chi connectivity index (χ1v) is 9.39. The van der Waals surface area contributed by atoms with Crippen molar-refractivity contribution in [1.82, 2.24) is 0 Å². The van der Waals surface area contributed by atoms with Crippen molar-refractivity contribution in [3.05, 3.63) is 0 Å². The monoisotopic (exact) mass is 332 g/mol. The lowest BCUT2D eigenvalue weighted by Crippen LogP contribution is -2.25. The third kappa shape index (κ3) is 11.9. The van der Waals surface area contributed by atoms with E-state index in [0.29, 0.717) is 38.6 Å². The fourth-order valence-corrected chi connectivity index (χ4v) is 3.13. The fraction of sp³-hybridized carbons (Fsp3) is 1.00. The molecule has 23 heavy (non-hydrogen) atoms. The first kappa shape index (κ1) is 20.8. The van der Waals surface area contributed by atoms with Crippen LogP contribution in [-0.2, 0) is 14.2 Å². The van der Waals surface area contributed by atoms with E-state index in [0.717, 1.165) is 0 Å². The van der Waals surface area contributed by atoms with E-state index < -0.39 is 0 Å². The van der Waals surface area contributed by atoms with Gasteiger partial charge in [-0.15, -0.1) is 0 Å². The average molecular weight is 332 g/mol. The van der Waals surface area contributed by atoms with Gasteiger partial charge in [0.2, 0.25) is 0 Å². The first-order chi connectivity index (χ1) is 11.4. The smallest absolute Gasteiger partial charge is 0.0701 e. The van der Waals surface area contributed by atoms with Gasteiger partial charge in [-0.1, -0.05) is 38.5 Å². The SMILES string of the molecule is C1CCC(OC2CCCCC2)CC1.OCCOCCOCCO. The van der Waals surface area contributed by atoms with Crippen LogP contribution in [0.5, 0.6) is 0 Å². The average Bonchev–Trinajstić information content (AvgIpc) is 2.60. The van der Waals surface area contributed by atoms with Crippen molar-refractivity contribution >= 4 is 0 Å². The largest absolute Gasteiger partial charge is 0.394 e. The number of rotatable bonds is 9. The normalized spacial score (nSPS) is 20.1. The van der Waals surface area contributed by atoms with Crippen molar-refractivity contribution in [1.29, 1.82) is 0 Å². The Bertz CT molecular complexity index is 214. The molecule has 0 saturated heterocycles. The summed E-state index contributed by atoms with van der Waals surface area (Å²) in [6, 6.07) is 0. The molecule has 138 valence electrons. The van der Waals surface area contributed by atoms with Gasteiger partial charge in [-0.05, 0) is 25.7 Å². The van der Waals surface area contributed by atoms with Gasteiger partial charge < -0.3 is 24.4 Å². The molecule has 0 radical (unpaired) electrons. The van der Waals surface area contributed by atoms with E-state index in [1.165, 1.54) is 64.2 Å². The number of hydrogen-bond acceptors (Lipinski definition) is 5. The summed E-state index contributed by atoms with van der Waals surface area (Å²) in [5.41, 5.74) is 0. The predicted molar refractivity (Wildman–Crippen MR) is 90.6 cm³/mol. The van der Waals surface area contributed by atoms with Crippen molar-refractivity contribution in [2.45, 2.75) is 76.4 Å². The van der Waals surface area contributed by atoms with Gasteiger partial charge in [0, 0.05) is 0 Å². The van der Waals surface area contributed by atoms with E-state index in [9.17, 15) is 0 Å². The minimum Gasteiger partial charge on any atom is -0.394 e. The van der Waals surface area contributed by atoms with Gasteiger partial charge >= 0.3 is 0 Å². The van der Waals surface area contributed by atoms with Crippen molar-refractivity contribution in [2.75, 3.05) is 39.6 Å². The van der Waals surface area contributed by atoms with E-state index in [4.69, 9.17) is 24.4 Å². The third-order valence-corrected chi connectivity index (χ3v) is 4.33. The molecule has 0 spiro atoms. The molecule has 2 rings (SSSR count). The van der Waals surface area contributed by atoms with Crippen LogP contribution >= 0.6 is 0 Å². The minimum absolute atomic E-state index is 0.0417. The number of hydrogen-bond donors (Lipinski definition) is 2. The van der Waals surface area contributed by atoms with Crippen LogP contribution in [0, 0.1) is 0 Å². The number of ether oxygens (including phenoxy) is 3. The van der Waals surface area contributed by atoms with Gasteiger partial charge in [0.15, 0.2) is 0 Å². The Morgan fingerprint density at radius 1 is 0.565 bits per heavy atom. The van der Waals surface area contributed by atoms with Crippen LogP contribution < -0.4 is 0 Å². The molecule has 0 aromatic carbocycles. The Balaban J connectivity index is 0.000000241. The Labute approximate surface area is 141 Å². The van der Waals surface area contributed by atoms with Gasteiger partial charge in [-0.2, -0.15) is 0 Å². The Kier molecular flexibility index (Phi) is 13.9. The Hall–Kier alpha value is -0.200. The maximum Gasteiger partial charge on any atom is 0.0701 e. The standard InChI is InChI=1S/C12H22O.C6H14O4/c1-3-7-11(8-4-1)13-12-9-5-2-6-10-12;7-1-3-9-5-6-10-4-2-8/h11-12H,1-10H2;7-8H,1-6H2. The Morgan fingerprint density at radius 3 is 1.30 bits per heavy atom. The van der Waals surface area contributed by atoms with Crippen molar-refractivity contribution in [2.24, 2.45) is 0 Å². The van der Waals surface area contributed by atoms with Crippen LogP contribution in [0.1, 0.15) is 64.2 Å². The second kappa shape index (κ2) is 15.3. The van der Waals surface area contributed by atoms with E-state index in [2.05, 4.69) is 0 Å². The molecule has 0 aliphatic heterocycles. The maximum absolute atomic E-state index is 8.26. The Morgan fingerprint density at radius 2 is 0.957 bits per heavy atom. The molecule has 2 aliphatic carbocycles. The van der Waals surface area contributed by atoms with Gasteiger partial charge in [-0.3, -0.25) is 0 Å². The highest BCUT2D eigenvalue weighted by Crippen LogP contribution is 2.26. The summed E-state index contributed by atoms with van der Waals surface area (Å²) in [7, 11) is 0. The molecule has 2 saturated carbocycles. The molecule has 2 aliphatic rings. The third-order valence-electron chi connectivity index (χ3n) is 4.33. The van der Waals surface area contributed by atoms with E-state index in [1.54, 1.807) is 0 Å². The predicted octanol–water partition coefficient (Wildman–Crippen LogP) is 2.67. The van der Waals surface area contributed by atoms with Gasteiger partial charge in [0.05, 0.1) is 51.8 Å². The lowest BCUT2D eigenvalue weighted by atomic mass is 9.95. The van der Waals surface area contributed by atoms with E-state index in [1.807, 2.05) is 0 Å². The molecular weight excluding hydrogens is 296 g/mol. The molecule has 0 unspecified atom stereocenters. The molecule has 5 heteroatoms. The minimum atomic E-state index is 0.0417. The highest BCUT2D eigenvalue weighted by atomic mass is 16.5. The van der Waals surface area contributed by atoms with Gasteiger partial charge in [0.25, 0.3) is 0 Å². The van der Waals surface area contributed by atoms with Gasteiger partial charge in [-0.25, -0.2) is 0 Å². The highest BCUT2D eigenvalue weighted by Gasteiger charge is 2.20.